The molecule has 4 aromatic carbocycles. The van der Waals surface area contributed by atoms with E-state index in [-0.39, 0.29) is 5.92 Å². The molecule has 0 radical (unpaired) electrons. The lowest BCUT2D eigenvalue weighted by Gasteiger charge is -2.23. The van der Waals surface area contributed by atoms with Crippen LogP contribution in [0.25, 0.3) is 62.4 Å². The molecule has 0 saturated carbocycles. The van der Waals surface area contributed by atoms with Gasteiger partial charge in [-0.2, -0.15) is 0 Å². The number of rotatable bonds is 4. The van der Waals surface area contributed by atoms with Crippen molar-refractivity contribution in [2.24, 2.45) is 0 Å². The fraction of sp³-hybridized carbons (Fsp3) is 0.140. The minimum Gasteiger partial charge on any atom is -0.460 e. The zero-order valence-corrected chi connectivity index (χ0v) is 26.3. The standard InChI is InChI=1S/C43H31N3O2/c1-2-11-27(12-3-1)41-44-42(30-20-21-38-34(23-30)32-14-6-8-16-36(32)47-38)46-43(45-41)35-24-31(29-19-18-26-10-4-5-13-28(26)22-29)25-39-40(35)33-15-7-9-17-37(33)48-39/h1-3,5-7,9,11-15,17-24,31H,4,8,10,16,25H2. The Labute approximate surface area is 278 Å². The highest BCUT2D eigenvalue weighted by atomic mass is 16.3. The summed E-state index contributed by atoms with van der Waals surface area (Å²) in [6.45, 7) is 0. The summed E-state index contributed by atoms with van der Waals surface area (Å²) < 4.78 is 12.8. The zero-order chi connectivity index (χ0) is 31.6. The van der Waals surface area contributed by atoms with E-state index < -0.39 is 0 Å². The van der Waals surface area contributed by atoms with E-state index in [1.165, 1.54) is 16.7 Å². The number of aryl methyl sites for hydroxylation is 2. The van der Waals surface area contributed by atoms with Crippen LogP contribution in [-0.2, 0) is 19.3 Å². The first-order valence-corrected chi connectivity index (χ1v) is 16.8. The van der Waals surface area contributed by atoms with Crippen molar-refractivity contribution in [3.63, 3.8) is 0 Å². The molecular weight excluding hydrogens is 590 g/mol. The van der Waals surface area contributed by atoms with Gasteiger partial charge in [-0.05, 0) is 60.2 Å². The van der Waals surface area contributed by atoms with Crippen molar-refractivity contribution < 1.29 is 8.83 Å². The smallest absolute Gasteiger partial charge is 0.164 e. The fourth-order valence-corrected chi connectivity index (χ4v) is 7.59. The molecule has 5 heteroatoms. The van der Waals surface area contributed by atoms with E-state index in [9.17, 15) is 0 Å². The van der Waals surface area contributed by atoms with E-state index in [4.69, 9.17) is 23.8 Å². The van der Waals surface area contributed by atoms with Gasteiger partial charge in [0.15, 0.2) is 17.5 Å². The van der Waals surface area contributed by atoms with Gasteiger partial charge in [0.25, 0.3) is 0 Å². The Hall–Kier alpha value is -5.81. The quantitative estimate of drug-likeness (QED) is 0.196. The van der Waals surface area contributed by atoms with E-state index in [0.29, 0.717) is 17.5 Å². The Morgan fingerprint density at radius 2 is 1.38 bits per heavy atom. The topological polar surface area (TPSA) is 65.0 Å². The van der Waals surface area contributed by atoms with Crippen molar-refractivity contribution in [1.29, 1.82) is 0 Å². The highest BCUT2D eigenvalue weighted by Crippen LogP contribution is 2.43. The molecule has 0 aliphatic heterocycles. The predicted molar refractivity (Wildman–Crippen MR) is 191 cm³/mol. The number of para-hydroxylation sites is 1. The first kappa shape index (κ1) is 27.3. The number of hydrogen-bond donors (Lipinski definition) is 0. The number of benzene rings is 4. The summed E-state index contributed by atoms with van der Waals surface area (Å²) in [7, 11) is 0. The van der Waals surface area contributed by atoms with Crippen LogP contribution in [0.2, 0.25) is 0 Å². The van der Waals surface area contributed by atoms with Gasteiger partial charge in [-0.25, -0.2) is 15.0 Å². The maximum atomic E-state index is 6.59. The van der Waals surface area contributed by atoms with Crippen LogP contribution in [-0.4, -0.2) is 15.0 Å². The molecule has 0 N–H and O–H groups in total. The molecule has 1 unspecified atom stereocenters. The molecule has 230 valence electrons. The second-order valence-corrected chi connectivity index (χ2v) is 12.9. The summed E-state index contributed by atoms with van der Waals surface area (Å²) in [5, 5.41) is 2.16. The Bertz CT molecular complexity index is 2500. The predicted octanol–water partition coefficient (Wildman–Crippen LogP) is 10.4. The lowest BCUT2D eigenvalue weighted by molar-refractivity contribution is 0.531. The lowest BCUT2D eigenvalue weighted by Crippen LogP contribution is -2.12. The molecule has 5 nitrogen and oxygen atoms in total. The maximum absolute atomic E-state index is 6.59. The Balaban J connectivity index is 1.19. The van der Waals surface area contributed by atoms with Crippen LogP contribution >= 0.6 is 0 Å². The average molecular weight is 622 g/mol. The first-order chi connectivity index (χ1) is 23.7. The Morgan fingerprint density at radius 1 is 0.604 bits per heavy atom. The van der Waals surface area contributed by atoms with Crippen molar-refractivity contribution in [2.45, 2.75) is 38.0 Å². The fourth-order valence-electron chi connectivity index (χ4n) is 7.59. The van der Waals surface area contributed by atoms with Crippen molar-refractivity contribution in [2.75, 3.05) is 0 Å². The van der Waals surface area contributed by atoms with Crippen LogP contribution in [0.4, 0.5) is 0 Å². The SMILES string of the molecule is C1=Cc2cc(C3C=C(c4nc(-c5ccccc5)nc(-c5ccc6oc7c(c6c5)C=CCC7)n4)c4c(oc5ccccc45)C3)ccc2CC1. The molecule has 3 aliphatic rings. The molecule has 48 heavy (non-hydrogen) atoms. The number of furan rings is 2. The van der Waals surface area contributed by atoms with Gasteiger partial charge in [0, 0.05) is 57.4 Å². The number of allylic oxidation sites excluding steroid dienone is 3. The third-order valence-electron chi connectivity index (χ3n) is 9.98. The van der Waals surface area contributed by atoms with Gasteiger partial charge in [-0.15, -0.1) is 0 Å². The third kappa shape index (κ3) is 4.49. The molecular formula is C43H31N3O2. The van der Waals surface area contributed by atoms with Gasteiger partial charge in [0.1, 0.15) is 22.7 Å². The van der Waals surface area contributed by atoms with Crippen molar-refractivity contribution in [1.82, 2.24) is 15.0 Å². The largest absolute Gasteiger partial charge is 0.460 e. The molecule has 3 aromatic heterocycles. The van der Waals surface area contributed by atoms with Crippen LogP contribution in [0.3, 0.4) is 0 Å². The minimum absolute atomic E-state index is 0.106. The molecule has 3 heterocycles. The third-order valence-corrected chi connectivity index (χ3v) is 9.98. The van der Waals surface area contributed by atoms with Gasteiger partial charge in [-0.3, -0.25) is 0 Å². The molecule has 3 aliphatic carbocycles. The van der Waals surface area contributed by atoms with Crippen molar-refractivity contribution in [3.05, 3.63) is 154 Å². The van der Waals surface area contributed by atoms with Crippen LogP contribution in [0, 0.1) is 0 Å². The molecule has 0 spiro atoms. The molecule has 0 amide bonds. The maximum Gasteiger partial charge on any atom is 0.164 e. The molecule has 0 bridgehead atoms. The van der Waals surface area contributed by atoms with Gasteiger partial charge in [0.2, 0.25) is 0 Å². The van der Waals surface area contributed by atoms with Crippen molar-refractivity contribution in [3.8, 4) is 22.8 Å². The normalized spacial score (nSPS) is 16.5. The second-order valence-electron chi connectivity index (χ2n) is 12.9. The van der Waals surface area contributed by atoms with E-state index in [0.717, 1.165) is 93.4 Å². The van der Waals surface area contributed by atoms with Gasteiger partial charge < -0.3 is 8.83 Å². The molecule has 10 rings (SSSR count). The molecule has 1 atom stereocenters. The van der Waals surface area contributed by atoms with Crippen LogP contribution in [0.15, 0.2) is 118 Å². The van der Waals surface area contributed by atoms with Crippen LogP contribution in [0.5, 0.6) is 0 Å². The van der Waals surface area contributed by atoms with E-state index in [1.54, 1.807) is 0 Å². The van der Waals surface area contributed by atoms with Crippen molar-refractivity contribution >= 4 is 39.7 Å². The number of aromatic nitrogens is 3. The summed E-state index contributed by atoms with van der Waals surface area (Å²) in [5.74, 6) is 4.03. The number of fused-ring (bicyclic) bond motifs is 7. The Morgan fingerprint density at radius 3 is 2.31 bits per heavy atom. The summed E-state index contributed by atoms with van der Waals surface area (Å²) >= 11 is 0. The summed E-state index contributed by atoms with van der Waals surface area (Å²) in [6.07, 6.45) is 16.2. The minimum atomic E-state index is 0.106. The van der Waals surface area contributed by atoms with Crippen LogP contribution < -0.4 is 0 Å². The second kappa shape index (κ2) is 10.9. The number of hydrogen-bond acceptors (Lipinski definition) is 5. The van der Waals surface area contributed by atoms with Gasteiger partial charge in [0.05, 0.1) is 0 Å². The summed E-state index contributed by atoms with van der Waals surface area (Å²) in [6, 6.07) is 31.7. The molecule has 0 fully saturated rings. The van der Waals surface area contributed by atoms with Crippen LogP contribution in [0.1, 0.15) is 63.9 Å². The Kier molecular flexibility index (Phi) is 6.19. The molecule has 7 aromatic rings. The van der Waals surface area contributed by atoms with E-state index in [1.807, 2.05) is 36.4 Å². The monoisotopic (exact) mass is 621 g/mol. The van der Waals surface area contributed by atoms with Gasteiger partial charge >= 0.3 is 0 Å². The first-order valence-electron chi connectivity index (χ1n) is 16.8. The zero-order valence-electron chi connectivity index (χ0n) is 26.3. The van der Waals surface area contributed by atoms with E-state index in [2.05, 4.69) is 85.0 Å². The number of nitrogens with zero attached hydrogens (tertiary/aromatic N) is 3. The molecule has 0 saturated heterocycles. The summed E-state index contributed by atoms with van der Waals surface area (Å²) in [5.41, 5.74) is 10.8. The van der Waals surface area contributed by atoms with E-state index >= 15 is 0 Å². The lowest BCUT2D eigenvalue weighted by atomic mass is 9.82. The highest BCUT2D eigenvalue weighted by Gasteiger charge is 2.30. The summed E-state index contributed by atoms with van der Waals surface area (Å²) in [4.78, 5) is 15.5. The highest BCUT2D eigenvalue weighted by molar-refractivity contribution is 5.97. The average Bonchev–Trinajstić information content (AvgIpc) is 3.72. The van der Waals surface area contributed by atoms with Gasteiger partial charge in [-0.1, -0.05) is 97.1 Å².